The van der Waals surface area contributed by atoms with Crippen LogP contribution in [0.1, 0.15) is 46.0 Å². The fourth-order valence-corrected chi connectivity index (χ4v) is 5.04. The molecule has 0 atom stereocenters. The maximum absolute atomic E-state index is 13.6. The number of aromatic nitrogens is 1. The number of ether oxygens (including phenoxy) is 1. The highest BCUT2D eigenvalue weighted by atomic mass is 16.5. The summed E-state index contributed by atoms with van der Waals surface area (Å²) in [6.45, 7) is 2.51. The van der Waals surface area contributed by atoms with Crippen LogP contribution in [0.2, 0.25) is 0 Å². The van der Waals surface area contributed by atoms with Gasteiger partial charge in [-0.1, -0.05) is 84.9 Å². The molecule has 0 aliphatic heterocycles. The van der Waals surface area contributed by atoms with Gasteiger partial charge < -0.3 is 19.6 Å². The highest BCUT2D eigenvalue weighted by molar-refractivity contribution is 5.87. The zero-order valence-electron chi connectivity index (χ0n) is 24.0. The summed E-state index contributed by atoms with van der Waals surface area (Å²) < 4.78 is 12.0. The molecule has 0 fully saturated rings. The third-order valence-corrected chi connectivity index (χ3v) is 7.29. The van der Waals surface area contributed by atoms with E-state index in [1.165, 1.54) is 0 Å². The van der Waals surface area contributed by atoms with E-state index < -0.39 is 11.9 Å². The van der Waals surface area contributed by atoms with Crippen molar-refractivity contribution in [2.45, 2.75) is 38.6 Å². The van der Waals surface area contributed by atoms with E-state index >= 15 is 0 Å². The molecule has 7 nitrogen and oxygen atoms in total. The van der Waals surface area contributed by atoms with Crippen LogP contribution in [-0.4, -0.2) is 28.6 Å². The van der Waals surface area contributed by atoms with Crippen molar-refractivity contribution in [3.05, 3.63) is 143 Å². The molecular weight excluding hydrogens is 540 g/mol. The Bertz CT molecular complexity index is 1610. The molecule has 7 heteroatoms. The molecule has 0 aliphatic rings. The Balaban J connectivity index is 1.29. The van der Waals surface area contributed by atoms with Gasteiger partial charge in [0.2, 0.25) is 11.8 Å². The molecule has 1 aromatic heterocycles. The third-order valence-electron chi connectivity index (χ3n) is 7.29. The van der Waals surface area contributed by atoms with Gasteiger partial charge in [0.1, 0.15) is 11.5 Å². The summed E-state index contributed by atoms with van der Waals surface area (Å²) in [5.74, 6) is 0.482. The first-order valence-corrected chi connectivity index (χ1v) is 14.3. The van der Waals surface area contributed by atoms with Gasteiger partial charge in [0.15, 0.2) is 0 Å². The van der Waals surface area contributed by atoms with Crippen molar-refractivity contribution in [2.24, 2.45) is 0 Å². The van der Waals surface area contributed by atoms with Crippen molar-refractivity contribution >= 4 is 11.9 Å². The normalized spacial score (nSPS) is 10.9. The van der Waals surface area contributed by atoms with Crippen molar-refractivity contribution < 1.29 is 23.8 Å². The maximum atomic E-state index is 13.6. The summed E-state index contributed by atoms with van der Waals surface area (Å²) in [4.78, 5) is 29.5. The third kappa shape index (κ3) is 7.77. The van der Waals surface area contributed by atoms with E-state index in [4.69, 9.17) is 9.15 Å². The fourth-order valence-electron chi connectivity index (χ4n) is 5.04. The van der Waals surface area contributed by atoms with Gasteiger partial charge in [-0.15, -0.1) is 0 Å². The summed E-state index contributed by atoms with van der Waals surface area (Å²) in [5, 5.41) is 12.4. The minimum Gasteiger partial charge on any atom is -0.493 e. The number of carboxylic acid groups (broad SMARTS) is 1. The molecule has 5 aromatic rings. The molecule has 0 aliphatic carbocycles. The minimum atomic E-state index is -0.874. The molecule has 0 saturated heterocycles. The Morgan fingerprint density at radius 2 is 1.47 bits per heavy atom. The van der Waals surface area contributed by atoms with Crippen LogP contribution in [0, 0.1) is 6.92 Å². The first-order valence-electron chi connectivity index (χ1n) is 14.3. The number of amides is 1. The van der Waals surface area contributed by atoms with Crippen LogP contribution in [0.4, 0.5) is 0 Å². The van der Waals surface area contributed by atoms with E-state index in [-0.39, 0.29) is 18.9 Å². The zero-order chi connectivity index (χ0) is 30.0. The second kappa shape index (κ2) is 14.1. The lowest BCUT2D eigenvalue weighted by Gasteiger charge is -2.19. The second-order valence-corrected chi connectivity index (χ2v) is 10.3. The first-order chi connectivity index (χ1) is 21.0. The second-order valence-electron chi connectivity index (χ2n) is 10.3. The number of nitrogens with zero attached hydrogens (tertiary/aromatic N) is 1. The Hall–Kier alpha value is -5.17. The number of carbonyl (C=O) groups excluding carboxylic acids is 1. The van der Waals surface area contributed by atoms with Gasteiger partial charge in [0.25, 0.3) is 0 Å². The van der Waals surface area contributed by atoms with Crippen molar-refractivity contribution in [3.63, 3.8) is 0 Å². The molecule has 0 bridgehead atoms. The number of hydrogen-bond acceptors (Lipinski definition) is 5. The number of oxazole rings is 1. The van der Waals surface area contributed by atoms with E-state index in [9.17, 15) is 14.7 Å². The quantitative estimate of drug-likeness (QED) is 0.162. The molecule has 5 rings (SSSR count). The lowest BCUT2D eigenvalue weighted by molar-refractivity contribution is -0.137. The monoisotopic (exact) mass is 574 g/mol. The number of nitrogens with one attached hydrogen (secondary N) is 1. The molecule has 0 saturated carbocycles. The minimum absolute atomic E-state index is 0.00696. The first kappa shape index (κ1) is 29.3. The summed E-state index contributed by atoms with van der Waals surface area (Å²) in [6.07, 6.45) is 0.903. The molecular formula is C36H34N2O5. The number of hydrogen-bond donors (Lipinski definition) is 2. The Morgan fingerprint density at radius 3 is 2.09 bits per heavy atom. The number of rotatable bonds is 13. The summed E-state index contributed by atoms with van der Waals surface area (Å²) >= 11 is 0. The Morgan fingerprint density at radius 1 is 0.837 bits per heavy atom. The van der Waals surface area contributed by atoms with Crippen LogP contribution in [0.3, 0.4) is 0 Å². The van der Waals surface area contributed by atoms with Crippen molar-refractivity contribution in [3.8, 4) is 17.2 Å². The maximum Gasteiger partial charge on any atom is 0.303 e. The molecule has 0 radical (unpaired) electrons. The molecule has 1 heterocycles. The van der Waals surface area contributed by atoms with Crippen LogP contribution in [0.15, 0.2) is 114 Å². The lowest BCUT2D eigenvalue weighted by atomic mass is 9.90. The number of carboxylic acids is 1. The molecule has 218 valence electrons. The smallest absolute Gasteiger partial charge is 0.303 e. The predicted octanol–water partition coefficient (Wildman–Crippen LogP) is 6.74. The van der Waals surface area contributed by atoms with Crippen molar-refractivity contribution in [2.75, 3.05) is 6.61 Å². The zero-order valence-corrected chi connectivity index (χ0v) is 24.0. The van der Waals surface area contributed by atoms with Crippen molar-refractivity contribution in [1.29, 1.82) is 0 Å². The van der Waals surface area contributed by atoms with Gasteiger partial charge in [-0.2, -0.15) is 0 Å². The van der Waals surface area contributed by atoms with E-state index in [1.807, 2.05) is 116 Å². The van der Waals surface area contributed by atoms with Gasteiger partial charge >= 0.3 is 5.97 Å². The number of carbonyl (C=O) groups is 2. The van der Waals surface area contributed by atoms with Gasteiger partial charge in [0.05, 0.1) is 18.2 Å². The van der Waals surface area contributed by atoms with Crippen LogP contribution < -0.4 is 10.1 Å². The van der Waals surface area contributed by atoms with E-state index in [2.05, 4.69) is 10.3 Å². The van der Waals surface area contributed by atoms with Crippen LogP contribution in [0.5, 0.6) is 5.75 Å². The molecule has 1 amide bonds. The molecule has 2 N–H and O–H groups in total. The number of aryl methyl sites for hydroxylation is 2. The Kier molecular flexibility index (Phi) is 9.64. The van der Waals surface area contributed by atoms with Gasteiger partial charge in [0, 0.05) is 24.9 Å². The Labute approximate surface area is 251 Å². The van der Waals surface area contributed by atoms with Gasteiger partial charge in [-0.05, 0) is 59.9 Å². The molecule has 0 spiro atoms. The molecule has 4 aromatic carbocycles. The largest absolute Gasteiger partial charge is 0.493 e. The van der Waals surface area contributed by atoms with Crippen LogP contribution in [0.25, 0.3) is 11.5 Å². The summed E-state index contributed by atoms with van der Waals surface area (Å²) in [7, 11) is 0. The predicted molar refractivity (Wildman–Crippen MR) is 165 cm³/mol. The number of aliphatic carboxylic acids is 1. The van der Waals surface area contributed by atoms with Crippen LogP contribution in [-0.2, 0) is 29.0 Å². The standard InChI is InChI=1S/C36H34N2O5/c1-25-32(38-36(43-25)29-15-9-4-10-16-29)21-22-42-31-19-17-26(18-20-33(39)40)30(23-31)24-37-35(41)34(27-11-5-2-6-12-27)28-13-7-3-8-14-28/h2-17,19,23,34H,18,20-22,24H2,1H3,(H,37,41)(H,39,40). The summed E-state index contributed by atoms with van der Waals surface area (Å²) in [5.41, 5.74) is 5.21. The fraction of sp³-hybridized carbons (Fsp3) is 0.194. The summed E-state index contributed by atoms with van der Waals surface area (Å²) in [6, 6.07) is 34.7. The molecule has 43 heavy (non-hydrogen) atoms. The van der Waals surface area contributed by atoms with E-state index in [0.29, 0.717) is 31.1 Å². The molecule has 0 unspecified atom stereocenters. The topological polar surface area (TPSA) is 102 Å². The average molecular weight is 575 g/mol. The SMILES string of the molecule is Cc1oc(-c2ccccc2)nc1CCOc1ccc(CCC(=O)O)c(CNC(=O)C(c2ccccc2)c2ccccc2)c1. The van der Waals surface area contributed by atoms with Gasteiger partial charge in [-0.25, -0.2) is 4.98 Å². The highest BCUT2D eigenvalue weighted by Gasteiger charge is 2.22. The van der Waals surface area contributed by atoms with Crippen molar-refractivity contribution in [1.82, 2.24) is 10.3 Å². The van der Waals surface area contributed by atoms with E-state index in [0.717, 1.165) is 39.3 Å². The van der Waals surface area contributed by atoms with Gasteiger partial charge in [-0.3, -0.25) is 9.59 Å². The van der Waals surface area contributed by atoms with Crippen LogP contribution >= 0.6 is 0 Å². The average Bonchev–Trinajstić information content (AvgIpc) is 3.41. The van der Waals surface area contributed by atoms with E-state index in [1.54, 1.807) is 0 Å². The highest BCUT2D eigenvalue weighted by Crippen LogP contribution is 2.26. The lowest BCUT2D eigenvalue weighted by Crippen LogP contribution is -2.30. The number of benzene rings is 4.